The van der Waals surface area contributed by atoms with Crippen LogP contribution >= 0.6 is 0 Å². The van der Waals surface area contributed by atoms with E-state index >= 15 is 0 Å². The molecule has 8 heteroatoms. The van der Waals surface area contributed by atoms with Gasteiger partial charge in [0, 0.05) is 30.1 Å². The molecule has 0 aliphatic heterocycles. The molecule has 0 radical (unpaired) electrons. The van der Waals surface area contributed by atoms with Crippen LogP contribution in [0.2, 0.25) is 0 Å². The van der Waals surface area contributed by atoms with Crippen LogP contribution in [-0.2, 0) is 6.42 Å². The number of fused-ring (bicyclic) bond motifs is 1. The van der Waals surface area contributed by atoms with Gasteiger partial charge in [0.15, 0.2) is 5.89 Å². The van der Waals surface area contributed by atoms with E-state index < -0.39 is 12.1 Å². The minimum Gasteiger partial charge on any atom is -0.449 e. The highest BCUT2D eigenvalue weighted by molar-refractivity contribution is 5.99. The number of rotatable bonds is 5. The first-order chi connectivity index (χ1) is 14.4. The van der Waals surface area contributed by atoms with Crippen LogP contribution in [0.25, 0.3) is 16.5 Å². The Balaban J connectivity index is 1.49. The van der Waals surface area contributed by atoms with Gasteiger partial charge in [0.2, 0.25) is 0 Å². The normalized spacial score (nSPS) is 17.0. The van der Waals surface area contributed by atoms with Crippen molar-refractivity contribution in [3.63, 3.8) is 0 Å². The zero-order valence-electron chi connectivity index (χ0n) is 16.1. The number of aromatic nitrogens is 2. The van der Waals surface area contributed by atoms with Crippen LogP contribution in [0, 0.1) is 5.92 Å². The van der Waals surface area contributed by atoms with Crippen LogP contribution < -0.4 is 5.32 Å². The van der Waals surface area contributed by atoms with Crippen LogP contribution in [0.5, 0.6) is 0 Å². The molecule has 2 aromatic heterocycles. The Kier molecular flexibility index (Phi) is 5.57. The predicted octanol–water partition coefficient (Wildman–Crippen LogP) is 4.94. The largest absolute Gasteiger partial charge is 0.449 e. The molecule has 1 atom stereocenters. The molecule has 4 rings (SSSR count). The SMILES string of the molecule is O=C(NCCc1ncco1)c1cnc2c(C3=CC[C@@H](C(F)(F)F)CC3)cccc2c1. The van der Waals surface area contributed by atoms with E-state index in [9.17, 15) is 18.0 Å². The Hall–Kier alpha value is -3.16. The summed E-state index contributed by atoms with van der Waals surface area (Å²) in [7, 11) is 0. The summed E-state index contributed by atoms with van der Waals surface area (Å²) in [5.41, 5.74) is 2.80. The number of alkyl halides is 3. The van der Waals surface area contributed by atoms with E-state index in [1.54, 1.807) is 18.3 Å². The van der Waals surface area contributed by atoms with Gasteiger partial charge in [-0.05, 0) is 30.9 Å². The summed E-state index contributed by atoms with van der Waals surface area (Å²) in [5.74, 6) is -0.993. The number of para-hydroxylation sites is 1. The summed E-state index contributed by atoms with van der Waals surface area (Å²) in [6.07, 6.45) is 2.94. The first-order valence-electron chi connectivity index (χ1n) is 9.73. The van der Waals surface area contributed by atoms with Gasteiger partial charge < -0.3 is 9.73 Å². The summed E-state index contributed by atoms with van der Waals surface area (Å²) in [6.45, 7) is 0.380. The molecular weight excluding hydrogens is 395 g/mol. The van der Waals surface area contributed by atoms with Crippen molar-refractivity contribution in [2.45, 2.75) is 31.9 Å². The second-order valence-electron chi connectivity index (χ2n) is 7.28. The zero-order valence-corrected chi connectivity index (χ0v) is 16.1. The maximum atomic E-state index is 12.9. The van der Waals surface area contributed by atoms with Crippen LogP contribution in [0.15, 0.2) is 53.4 Å². The van der Waals surface area contributed by atoms with Crippen LogP contribution in [0.1, 0.15) is 41.1 Å². The van der Waals surface area contributed by atoms with Gasteiger partial charge in [0.1, 0.15) is 6.26 Å². The van der Waals surface area contributed by atoms with Crippen molar-refractivity contribution < 1.29 is 22.4 Å². The molecule has 1 aliphatic carbocycles. The number of pyridine rings is 1. The highest BCUT2D eigenvalue weighted by Gasteiger charge is 2.39. The Labute approximate surface area is 171 Å². The quantitative estimate of drug-likeness (QED) is 0.641. The van der Waals surface area contributed by atoms with Gasteiger partial charge in [-0.25, -0.2) is 4.98 Å². The topological polar surface area (TPSA) is 68.0 Å². The fraction of sp³-hybridized carbons (Fsp3) is 0.318. The molecule has 3 aromatic rings. The molecule has 5 nitrogen and oxygen atoms in total. The molecule has 0 bridgehead atoms. The Bertz CT molecular complexity index is 1070. The van der Waals surface area contributed by atoms with E-state index in [1.807, 2.05) is 18.2 Å². The number of allylic oxidation sites excluding steroid dienone is 2. The average Bonchev–Trinajstić information content (AvgIpc) is 3.26. The van der Waals surface area contributed by atoms with Crippen molar-refractivity contribution in [2.75, 3.05) is 6.54 Å². The fourth-order valence-electron chi connectivity index (χ4n) is 3.68. The van der Waals surface area contributed by atoms with E-state index in [0.717, 1.165) is 16.5 Å². The zero-order chi connectivity index (χ0) is 21.1. The maximum absolute atomic E-state index is 12.9. The Morgan fingerprint density at radius 1 is 1.27 bits per heavy atom. The van der Waals surface area contributed by atoms with Crippen LogP contribution in [0.4, 0.5) is 13.2 Å². The number of carbonyl (C=O) groups excluding carboxylic acids is 1. The first kappa shape index (κ1) is 20.1. The molecule has 0 spiro atoms. The number of nitrogens with one attached hydrogen (secondary N) is 1. The van der Waals surface area contributed by atoms with E-state index in [2.05, 4.69) is 15.3 Å². The second kappa shape index (κ2) is 8.30. The molecule has 1 aliphatic rings. The third kappa shape index (κ3) is 4.37. The molecule has 0 unspecified atom stereocenters. The molecule has 156 valence electrons. The van der Waals surface area contributed by atoms with Gasteiger partial charge in [-0.3, -0.25) is 9.78 Å². The lowest BCUT2D eigenvalue weighted by molar-refractivity contribution is -0.175. The first-order valence-corrected chi connectivity index (χ1v) is 9.73. The number of nitrogens with zero attached hydrogens (tertiary/aromatic N) is 2. The monoisotopic (exact) mass is 415 g/mol. The van der Waals surface area contributed by atoms with Gasteiger partial charge in [-0.1, -0.05) is 24.3 Å². The van der Waals surface area contributed by atoms with Crippen molar-refractivity contribution in [1.29, 1.82) is 0 Å². The van der Waals surface area contributed by atoms with Crippen molar-refractivity contribution in [1.82, 2.24) is 15.3 Å². The lowest BCUT2D eigenvalue weighted by atomic mass is 9.85. The lowest BCUT2D eigenvalue weighted by Gasteiger charge is -2.24. The minimum atomic E-state index is -4.16. The summed E-state index contributed by atoms with van der Waals surface area (Å²) in [6, 6.07) is 7.29. The second-order valence-corrected chi connectivity index (χ2v) is 7.28. The summed E-state index contributed by atoms with van der Waals surface area (Å²) < 4.78 is 43.9. The number of benzene rings is 1. The maximum Gasteiger partial charge on any atom is 0.392 e. The highest BCUT2D eigenvalue weighted by atomic mass is 19.4. The standard InChI is InChI=1S/C22H20F3N3O2/c23-22(24,25)17-6-4-14(5-7-17)18-3-1-2-15-12-16(13-28-20(15)18)21(29)27-9-8-19-26-10-11-30-19/h1-4,10-13,17H,5-9H2,(H,27,29)/t17-/m1/s1. The minimum absolute atomic E-state index is 0.0137. The highest BCUT2D eigenvalue weighted by Crippen LogP contribution is 2.40. The van der Waals surface area contributed by atoms with Crippen LogP contribution in [0.3, 0.4) is 0 Å². The molecule has 0 fully saturated rings. The van der Waals surface area contributed by atoms with E-state index in [1.165, 1.54) is 12.5 Å². The molecule has 0 saturated heterocycles. The number of carbonyl (C=O) groups is 1. The van der Waals surface area contributed by atoms with E-state index in [-0.39, 0.29) is 18.7 Å². The van der Waals surface area contributed by atoms with Crippen molar-refractivity contribution in [3.8, 4) is 0 Å². The number of halogens is 3. The van der Waals surface area contributed by atoms with Gasteiger partial charge in [-0.2, -0.15) is 13.2 Å². The van der Waals surface area contributed by atoms with Crippen molar-refractivity contribution in [3.05, 3.63) is 66.0 Å². The lowest BCUT2D eigenvalue weighted by Crippen LogP contribution is -2.25. The van der Waals surface area contributed by atoms with Crippen LogP contribution in [-0.4, -0.2) is 28.6 Å². The van der Waals surface area contributed by atoms with Gasteiger partial charge in [0.05, 0.1) is 23.2 Å². The molecule has 1 amide bonds. The molecular formula is C22H20F3N3O2. The fourth-order valence-corrected chi connectivity index (χ4v) is 3.68. The summed E-state index contributed by atoms with van der Waals surface area (Å²) >= 11 is 0. The Morgan fingerprint density at radius 2 is 2.13 bits per heavy atom. The smallest absolute Gasteiger partial charge is 0.392 e. The number of oxazole rings is 1. The van der Waals surface area contributed by atoms with E-state index in [0.29, 0.717) is 36.4 Å². The van der Waals surface area contributed by atoms with Gasteiger partial charge >= 0.3 is 6.18 Å². The van der Waals surface area contributed by atoms with Crippen molar-refractivity contribution >= 4 is 22.4 Å². The number of hydrogen-bond donors (Lipinski definition) is 1. The predicted molar refractivity (Wildman–Crippen MR) is 106 cm³/mol. The van der Waals surface area contributed by atoms with Gasteiger partial charge in [-0.15, -0.1) is 0 Å². The average molecular weight is 415 g/mol. The molecule has 1 aromatic carbocycles. The van der Waals surface area contributed by atoms with E-state index in [4.69, 9.17) is 4.42 Å². The molecule has 0 saturated carbocycles. The Morgan fingerprint density at radius 3 is 2.83 bits per heavy atom. The summed E-state index contributed by atoms with van der Waals surface area (Å²) in [5, 5.41) is 3.57. The molecule has 1 N–H and O–H groups in total. The third-order valence-corrected chi connectivity index (χ3v) is 5.30. The number of hydrogen-bond acceptors (Lipinski definition) is 4. The van der Waals surface area contributed by atoms with Gasteiger partial charge in [0.25, 0.3) is 5.91 Å². The summed E-state index contributed by atoms with van der Waals surface area (Å²) in [4.78, 5) is 20.9. The number of amides is 1. The third-order valence-electron chi connectivity index (χ3n) is 5.30. The molecule has 30 heavy (non-hydrogen) atoms. The molecule has 2 heterocycles. The van der Waals surface area contributed by atoms with Crippen molar-refractivity contribution in [2.24, 2.45) is 5.92 Å².